The summed E-state index contributed by atoms with van der Waals surface area (Å²) in [6.45, 7) is 30.2. The molecule has 0 radical (unpaired) electrons. The molecule has 0 saturated carbocycles. The Hall–Kier alpha value is -2.58. The second-order valence-corrected chi connectivity index (χ2v) is 19.8. The number of ether oxygens (including phenoxy) is 1. The van der Waals surface area contributed by atoms with Gasteiger partial charge in [0.25, 0.3) is 0 Å². The smallest absolute Gasteiger partial charge is 0.122 e. The molecule has 0 atom stereocenters. The number of hydrogen-bond acceptors (Lipinski definition) is 1. The molecule has 2 heteroatoms. The van der Waals surface area contributed by atoms with Gasteiger partial charge >= 0.3 is 0 Å². The molecule has 0 aromatic heterocycles. The SMILES string of the molecule is C=CCOc1c(C(C)(C)C)cccc1[Si](CC)(CC)C1c2ccc(C(C)(C)C)cc2-c2cc(C(C)(C)C)ccc21. The molecule has 0 bridgehead atoms. The number of fused-ring (bicyclic) bond motifs is 3. The van der Waals surface area contributed by atoms with E-state index in [-0.39, 0.29) is 16.2 Å². The Morgan fingerprint density at radius 1 is 0.725 bits per heavy atom. The summed E-state index contributed by atoms with van der Waals surface area (Å²) in [4.78, 5) is 0. The maximum absolute atomic E-state index is 6.63. The number of para-hydroxylation sites is 1. The average molecular weight is 553 g/mol. The van der Waals surface area contributed by atoms with Crippen molar-refractivity contribution in [2.75, 3.05) is 6.61 Å². The number of benzene rings is 3. The molecule has 0 fully saturated rings. The maximum Gasteiger partial charge on any atom is 0.122 e. The normalized spacial score (nSPS) is 14.2. The first kappa shape index (κ1) is 30.4. The number of rotatable bonds is 7. The Morgan fingerprint density at radius 2 is 1.23 bits per heavy atom. The lowest BCUT2D eigenvalue weighted by Gasteiger charge is -2.40. The van der Waals surface area contributed by atoms with Crippen LogP contribution in [0, 0.1) is 0 Å². The van der Waals surface area contributed by atoms with Crippen molar-refractivity contribution in [2.45, 2.75) is 110 Å². The molecule has 214 valence electrons. The molecule has 0 saturated heterocycles. The van der Waals surface area contributed by atoms with Crippen molar-refractivity contribution in [1.82, 2.24) is 0 Å². The van der Waals surface area contributed by atoms with Crippen LogP contribution in [0.3, 0.4) is 0 Å². The minimum atomic E-state index is -2.18. The van der Waals surface area contributed by atoms with Crippen LogP contribution in [0.2, 0.25) is 12.1 Å². The Kier molecular flexibility index (Phi) is 8.11. The quantitative estimate of drug-likeness (QED) is 0.209. The third-order valence-corrected chi connectivity index (χ3v) is 15.0. The Bertz CT molecular complexity index is 1320. The van der Waals surface area contributed by atoms with Crippen molar-refractivity contribution in [2.24, 2.45) is 0 Å². The Balaban J connectivity index is 2.08. The first-order chi connectivity index (χ1) is 18.6. The lowest BCUT2D eigenvalue weighted by molar-refractivity contribution is 0.353. The monoisotopic (exact) mass is 552 g/mol. The van der Waals surface area contributed by atoms with Gasteiger partial charge in [0.15, 0.2) is 0 Å². The first-order valence-electron chi connectivity index (χ1n) is 15.3. The molecule has 40 heavy (non-hydrogen) atoms. The van der Waals surface area contributed by atoms with E-state index in [1.165, 1.54) is 44.1 Å². The van der Waals surface area contributed by atoms with Crippen LogP contribution in [0.5, 0.6) is 5.75 Å². The molecule has 1 nitrogen and oxygen atoms in total. The summed E-state index contributed by atoms with van der Waals surface area (Å²) >= 11 is 0. The lowest BCUT2D eigenvalue weighted by atomic mass is 9.83. The zero-order valence-corrected chi connectivity index (χ0v) is 28.1. The minimum Gasteiger partial charge on any atom is -0.489 e. The van der Waals surface area contributed by atoms with E-state index in [9.17, 15) is 0 Å². The van der Waals surface area contributed by atoms with E-state index >= 15 is 0 Å². The summed E-state index contributed by atoms with van der Waals surface area (Å²) in [5.74, 6) is 1.11. The van der Waals surface area contributed by atoms with Crippen LogP contribution in [0.15, 0.2) is 67.3 Å². The fourth-order valence-corrected chi connectivity index (χ4v) is 12.0. The van der Waals surface area contributed by atoms with Crippen molar-refractivity contribution < 1.29 is 4.74 Å². The highest BCUT2D eigenvalue weighted by Crippen LogP contribution is 2.53. The van der Waals surface area contributed by atoms with Crippen molar-refractivity contribution >= 4 is 13.3 Å². The van der Waals surface area contributed by atoms with E-state index in [0.29, 0.717) is 12.1 Å². The zero-order chi connectivity index (χ0) is 29.7. The molecule has 4 rings (SSSR count). The van der Waals surface area contributed by atoms with Gasteiger partial charge in [-0.3, -0.25) is 0 Å². The Labute approximate surface area is 246 Å². The molecule has 1 aliphatic rings. The van der Waals surface area contributed by atoms with Gasteiger partial charge in [-0.15, -0.1) is 0 Å². The van der Waals surface area contributed by atoms with Crippen LogP contribution in [0.4, 0.5) is 0 Å². The standard InChI is InChI=1S/C38H52OSi/c1-13-23-39-34-32(38(10,11)12)17-16-18-33(34)40(14-2,15-3)35-28-21-19-26(36(4,5)6)24-30(28)31-25-27(37(7,8)9)20-22-29(31)35/h13,16-22,24-25,35H,1,14-15,23H2,2-12H3. The first-order valence-corrected chi connectivity index (χ1v) is 17.8. The maximum atomic E-state index is 6.63. The largest absolute Gasteiger partial charge is 0.489 e. The molecule has 0 amide bonds. The van der Waals surface area contributed by atoms with Crippen molar-refractivity contribution in [1.29, 1.82) is 0 Å². The zero-order valence-electron chi connectivity index (χ0n) is 27.1. The van der Waals surface area contributed by atoms with Gasteiger partial charge in [-0.25, -0.2) is 0 Å². The van der Waals surface area contributed by atoms with Crippen molar-refractivity contribution in [3.63, 3.8) is 0 Å². The van der Waals surface area contributed by atoms with Crippen LogP contribution >= 0.6 is 0 Å². The highest BCUT2D eigenvalue weighted by molar-refractivity contribution is 6.94. The van der Waals surface area contributed by atoms with Crippen LogP contribution < -0.4 is 9.92 Å². The van der Waals surface area contributed by atoms with Crippen LogP contribution in [0.25, 0.3) is 11.1 Å². The van der Waals surface area contributed by atoms with E-state index < -0.39 is 8.07 Å². The second kappa shape index (κ2) is 10.7. The van der Waals surface area contributed by atoms with Gasteiger partial charge in [0, 0.05) is 5.54 Å². The summed E-state index contributed by atoms with van der Waals surface area (Å²) in [5, 5.41) is 1.47. The molecule has 1 aliphatic carbocycles. The summed E-state index contributed by atoms with van der Waals surface area (Å²) in [6, 6.07) is 24.0. The van der Waals surface area contributed by atoms with Gasteiger partial charge in [0.2, 0.25) is 0 Å². The van der Waals surface area contributed by atoms with Gasteiger partial charge in [0.1, 0.15) is 20.4 Å². The van der Waals surface area contributed by atoms with E-state index in [1.807, 2.05) is 6.08 Å². The second-order valence-electron chi connectivity index (χ2n) is 14.9. The minimum absolute atomic E-state index is 0.0111. The summed E-state index contributed by atoms with van der Waals surface area (Å²) in [6.07, 6.45) is 1.88. The fraction of sp³-hybridized carbons (Fsp3) is 0.474. The highest BCUT2D eigenvalue weighted by Gasteiger charge is 2.48. The predicted octanol–water partition coefficient (Wildman–Crippen LogP) is 10.2. The topological polar surface area (TPSA) is 9.23 Å². The van der Waals surface area contributed by atoms with E-state index in [4.69, 9.17) is 4.74 Å². The van der Waals surface area contributed by atoms with Crippen LogP contribution in [-0.4, -0.2) is 14.7 Å². The average Bonchev–Trinajstić information content (AvgIpc) is 3.21. The van der Waals surface area contributed by atoms with Crippen molar-refractivity contribution in [3.05, 3.63) is 95.1 Å². The lowest BCUT2D eigenvalue weighted by Crippen LogP contribution is -2.53. The third-order valence-electron chi connectivity index (χ3n) is 9.27. The summed E-state index contributed by atoms with van der Waals surface area (Å²) < 4.78 is 6.63. The number of hydrogen-bond donors (Lipinski definition) is 0. The molecule has 0 unspecified atom stereocenters. The molecular formula is C38H52OSi. The molecule has 0 aliphatic heterocycles. The van der Waals surface area contributed by atoms with Gasteiger partial charge < -0.3 is 4.74 Å². The van der Waals surface area contributed by atoms with E-state index in [0.717, 1.165) is 17.8 Å². The molecular weight excluding hydrogens is 501 g/mol. The van der Waals surface area contributed by atoms with E-state index in [2.05, 4.69) is 137 Å². The molecule has 3 aromatic rings. The highest BCUT2D eigenvalue weighted by atomic mass is 28.3. The predicted molar refractivity (Wildman–Crippen MR) is 178 cm³/mol. The fourth-order valence-electron chi connectivity index (χ4n) is 6.79. The molecule has 0 spiro atoms. The van der Waals surface area contributed by atoms with Crippen LogP contribution in [-0.2, 0) is 16.2 Å². The molecule has 0 heterocycles. The van der Waals surface area contributed by atoms with Gasteiger partial charge in [0.05, 0.1) is 0 Å². The van der Waals surface area contributed by atoms with E-state index in [1.54, 1.807) is 0 Å². The molecule has 0 N–H and O–H groups in total. The molecule has 3 aromatic carbocycles. The Morgan fingerprint density at radius 3 is 1.62 bits per heavy atom. The van der Waals surface area contributed by atoms with Gasteiger partial charge in [-0.1, -0.05) is 156 Å². The van der Waals surface area contributed by atoms with Gasteiger partial charge in [-0.05, 0) is 60.4 Å². The van der Waals surface area contributed by atoms with Crippen LogP contribution in [0.1, 0.15) is 110 Å². The van der Waals surface area contributed by atoms with Crippen molar-refractivity contribution in [3.8, 4) is 16.9 Å². The summed E-state index contributed by atoms with van der Waals surface area (Å²) in [7, 11) is -2.18. The van der Waals surface area contributed by atoms with Gasteiger partial charge in [-0.2, -0.15) is 0 Å². The third kappa shape index (κ3) is 5.25. The summed E-state index contributed by atoms with van der Waals surface area (Å²) in [5.41, 5.74) is 10.6.